The Morgan fingerprint density at radius 3 is 2.38 bits per heavy atom. The molecule has 4 bridgehead atoms. The van der Waals surface area contributed by atoms with Crippen molar-refractivity contribution in [1.29, 1.82) is 0 Å². The van der Waals surface area contributed by atoms with Gasteiger partial charge in [0.05, 0.1) is 35.7 Å². The van der Waals surface area contributed by atoms with Gasteiger partial charge in [-0.15, -0.1) is 5.06 Å². The Morgan fingerprint density at radius 1 is 0.923 bits per heavy atom. The number of carbonyl (C=O) groups excluding carboxylic acids is 9. The maximum atomic E-state index is 14.2. The number of hydroxylamine groups is 2. The van der Waals surface area contributed by atoms with Crippen molar-refractivity contribution in [2.24, 2.45) is 17.8 Å². The van der Waals surface area contributed by atoms with Crippen LogP contribution in [0.2, 0.25) is 0 Å². The molecule has 91 heavy (non-hydrogen) atoms. The average molecular weight is 1320 g/mol. The second-order valence-electron chi connectivity index (χ2n) is 24.8. The van der Waals surface area contributed by atoms with Gasteiger partial charge in [-0.1, -0.05) is 74.2 Å². The molecule has 0 aromatic heterocycles. The van der Waals surface area contributed by atoms with E-state index in [1.807, 2.05) is 25.2 Å². The summed E-state index contributed by atoms with van der Waals surface area (Å²) in [7, 11) is 7.51. The number of likely N-dealkylation sites (N-methyl/N-ethyl adjacent to an activating group) is 3. The number of imide groups is 1. The van der Waals surface area contributed by atoms with Crippen LogP contribution in [0.1, 0.15) is 136 Å². The van der Waals surface area contributed by atoms with Crippen LogP contribution in [-0.2, 0) is 68.6 Å². The second kappa shape index (κ2) is 32.8. The summed E-state index contributed by atoms with van der Waals surface area (Å²) >= 11 is 7.79. The molecule has 4 fully saturated rings. The fourth-order valence-corrected chi connectivity index (χ4v) is 13.1. The number of rotatable bonds is 19. The molecule has 3 saturated heterocycles. The molecule has 28 heteroatoms. The number of nitrogens with zero attached hydrogens (tertiary/aromatic N) is 4. The van der Waals surface area contributed by atoms with Gasteiger partial charge in [0.1, 0.15) is 55.0 Å². The number of esters is 1. The molecule has 4 unspecified atom stereocenters. The summed E-state index contributed by atoms with van der Waals surface area (Å²) in [5, 5.41) is 32.5. The Bertz CT molecular complexity index is 2900. The number of nitrogens with one attached hydrogen (secondary N) is 3. The van der Waals surface area contributed by atoms with Crippen LogP contribution < -0.4 is 16.0 Å². The molecule has 0 radical (unpaired) electrons. The van der Waals surface area contributed by atoms with E-state index in [0.717, 1.165) is 55.9 Å². The van der Waals surface area contributed by atoms with E-state index in [-0.39, 0.29) is 92.4 Å². The third kappa shape index (κ3) is 19.7. The molecule has 0 spiro atoms. The second-order valence-corrected chi connectivity index (χ2v) is 26.2. The van der Waals surface area contributed by atoms with Crippen molar-refractivity contribution in [1.82, 2.24) is 25.1 Å². The quantitative estimate of drug-likeness (QED) is 0.0288. The third-order valence-electron chi connectivity index (χ3n) is 17.8. The molecule has 1 saturated carbocycles. The SMILES string of the molecule is COC1=C(Cl)C2CC(=C1)CC(C)CCC[C@@H](OC)[C@@]1(O)C[C@H](OC(=O)N1)[C@@H](C)[C@@H]1O[C@@]1(C)[C@@H](OC(=O)[C@H](C)N(C)C(=O)CCSC(=O)N(C)CCN(C)C(=O)OCc1ccc(NC(=O)OC3/C=C/CCCCC3)c(NCC(=O)ON3C(=O)CCC3=O)c1)CC(O)C2. The Balaban J connectivity index is 0.906. The van der Waals surface area contributed by atoms with Gasteiger partial charge < -0.3 is 68.2 Å². The predicted molar refractivity (Wildman–Crippen MR) is 333 cm³/mol. The minimum absolute atomic E-state index is 0.0157. The summed E-state index contributed by atoms with van der Waals surface area (Å²) in [5.74, 6) is -3.53. The van der Waals surface area contributed by atoms with Crippen molar-refractivity contribution in [3.63, 3.8) is 0 Å². The van der Waals surface area contributed by atoms with Gasteiger partial charge in [0.25, 0.3) is 17.1 Å². The van der Waals surface area contributed by atoms with Gasteiger partial charge in [-0.05, 0) is 101 Å². The minimum Gasteiger partial charge on any atom is -0.496 e. The molecule has 3 heterocycles. The molecule has 7 amide bonds. The highest BCUT2D eigenvalue weighted by atomic mass is 35.5. The molecule has 504 valence electrons. The summed E-state index contributed by atoms with van der Waals surface area (Å²) in [6.07, 6.45) is 6.24. The predicted octanol–water partition coefficient (Wildman–Crippen LogP) is 8.04. The monoisotopic (exact) mass is 1320 g/mol. The Morgan fingerprint density at radius 2 is 1.66 bits per heavy atom. The summed E-state index contributed by atoms with van der Waals surface area (Å²) in [4.78, 5) is 126. The molecule has 7 rings (SSSR count). The molecule has 26 nitrogen and oxygen atoms in total. The van der Waals surface area contributed by atoms with Gasteiger partial charge in [0.2, 0.25) is 5.91 Å². The van der Waals surface area contributed by atoms with Crippen LogP contribution >= 0.6 is 23.4 Å². The highest BCUT2D eigenvalue weighted by Crippen LogP contribution is 2.50. The first-order chi connectivity index (χ1) is 43.2. The number of carbonyl (C=O) groups is 9. The lowest BCUT2D eigenvalue weighted by Gasteiger charge is -2.43. The smallest absolute Gasteiger partial charge is 0.412 e. The van der Waals surface area contributed by atoms with Gasteiger partial charge in [0, 0.05) is 91.0 Å². The van der Waals surface area contributed by atoms with E-state index in [4.69, 9.17) is 49.6 Å². The fraction of sp³-hybridized carbons (Fsp3) is 0.667. The van der Waals surface area contributed by atoms with E-state index in [9.17, 15) is 53.4 Å². The van der Waals surface area contributed by atoms with E-state index < -0.39 is 114 Å². The standard InChI is InChI=1S/C63H90ClN7O19S/c1-37-16-15-19-49(84-9)63(82)34-48(87-59(79)67-63)38(2)56-62(4,89-56)50(33-43(72)32-42-29-41(28-37)31-47(83-8)55(42)64)88-57(77)39(3)70(7)51(73)24-27-91-61(81)69(6)26-25-68(5)60(80)85-36-40-20-21-45(66-58(78)86-44-17-13-11-10-12-14-18-44)46(30-40)65-35-54(76)90-71-52(74)22-23-53(71)75/h13,17,20-21,30-31,37-39,42-44,48-50,56,65,72,82H,10-12,14-16,18-19,22-29,32-36H2,1-9H3,(H,66,78)(H,67,79)/b17-13+/t37?,38-,39+,42?,43?,44?,48+,49-,50+,56+,62+,63+/m1/s1. The maximum absolute atomic E-state index is 14.2. The van der Waals surface area contributed by atoms with Crippen molar-refractivity contribution >= 4 is 87.9 Å². The van der Waals surface area contributed by atoms with Gasteiger partial charge in [-0.3, -0.25) is 29.8 Å². The number of amides is 7. The van der Waals surface area contributed by atoms with E-state index >= 15 is 0 Å². The number of thioether (sulfide) groups is 1. The van der Waals surface area contributed by atoms with Crippen molar-refractivity contribution < 1.29 is 91.4 Å². The first-order valence-corrected chi connectivity index (χ1v) is 32.6. The number of epoxide rings is 1. The Labute approximate surface area is 540 Å². The third-order valence-corrected chi connectivity index (χ3v) is 19.2. The number of alkyl carbamates (subject to hydrolysis) is 1. The van der Waals surface area contributed by atoms with Crippen LogP contribution in [0, 0.1) is 17.8 Å². The van der Waals surface area contributed by atoms with Crippen LogP contribution in [-0.4, -0.2) is 198 Å². The zero-order valence-electron chi connectivity index (χ0n) is 53.5. The number of benzene rings is 1. The van der Waals surface area contributed by atoms with Crippen LogP contribution in [0.5, 0.6) is 0 Å². The number of fused-ring (bicyclic) bond motifs is 5. The normalized spacial score (nSPS) is 28.6. The van der Waals surface area contributed by atoms with Crippen molar-refractivity contribution in [3.8, 4) is 0 Å². The van der Waals surface area contributed by atoms with E-state index in [1.54, 1.807) is 20.1 Å². The number of anilines is 2. The highest BCUT2D eigenvalue weighted by Gasteiger charge is 2.64. The Hall–Kier alpha value is -6.65. The number of aliphatic hydroxyl groups is 2. The Kier molecular flexibility index (Phi) is 25.8. The number of ether oxygens (including phenoxy) is 7. The topological polar surface area (TPSA) is 320 Å². The summed E-state index contributed by atoms with van der Waals surface area (Å²) in [6, 6.07) is 3.52. The zero-order valence-corrected chi connectivity index (χ0v) is 55.1. The highest BCUT2D eigenvalue weighted by molar-refractivity contribution is 8.13. The lowest BCUT2D eigenvalue weighted by Crippen LogP contribution is -2.64. The molecule has 1 aromatic carbocycles. The molecule has 6 aliphatic rings. The maximum Gasteiger partial charge on any atom is 0.412 e. The van der Waals surface area contributed by atoms with Crippen LogP contribution in [0.3, 0.4) is 0 Å². The number of halogens is 1. The summed E-state index contributed by atoms with van der Waals surface area (Å²) in [6.45, 7) is 6.60. The van der Waals surface area contributed by atoms with E-state index in [2.05, 4.69) is 22.9 Å². The first kappa shape index (κ1) is 71.8. The number of allylic oxidation sites excluding steroid dienone is 4. The summed E-state index contributed by atoms with van der Waals surface area (Å²) in [5.41, 5.74) is -0.996. The molecule has 3 aliphatic heterocycles. The van der Waals surface area contributed by atoms with Crippen molar-refractivity contribution in [2.75, 3.05) is 71.4 Å². The largest absolute Gasteiger partial charge is 0.496 e. The van der Waals surface area contributed by atoms with Gasteiger partial charge >= 0.3 is 30.2 Å². The molecule has 1 aromatic rings. The number of hydrogen-bond donors (Lipinski definition) is 5. The number of methoxy groups -OCH3 is 2. The van der Waals surface area contributed by atoms with Crippen LogP contribution in [0.4, 0.5) is 30.6 Å². The molecule has 3 aliphatic carbocycles. The lowest BCUT2D eigenvalue weighted by atomic mass is 9.81. The van der Waals surface area contributed by atoms with Crippen LogP contribution in [0.15, 0.2) is 52.8 Å². The zero-order chi connectivity index (χ0) is 66.3. The molecular weight excluding hydrogens is 1230 g/mol. The van der Waals surface area contributed by atoms with Crippen molar-refractivity contribution in [3.05, 3.63) is 58.4 Å². The van der Waals surface area contributed by atoms with Crippen LogP contribution in [0.25, 0.3) is 0 Å². The van der Waals surface area contributed by atoms with E-state index in [0.29, 0.717) is 47.1 Å². The summed E-state index contributed by atoms with van der Waals surface area (Å²) < 4.78 is 41.1. The first-order valence-electron chi connectivity index (χ1n) is 31.2. The van der Waals surface area contributed by atoms with E-state index in [1.165, 1.54) is 62.0 Å². The molecular formula is C63H90ClN7O19S. The van der Waals surface area contributed by atoms with Gasteiger partial charge in [-0.25, -0.2) is 24.0 Å². The fourth-order valence-electron chi connectivity index (χ4n) is 12.1. The lowest BCUT2D eigenvalue weighted by molar-refractivity contribution is -0.196. The minimum atomic E-state index is -1.76. The number of hydrogen-bond acceptors (Lipinski definition) is 21. The van der Waals surface area contributed by atoms with Gasteiger partial charge in [-0.2, -0.15) is 0 Å². The number of aliphatic hydroxyl groups excluding tert-OH is 1. The molecule has 5 N–H and O–H groups in total. The van der Waals surface area contributed by atoms with Crippen molar-refractivity contribution in [2.45, 2.75) is 191 Å². The average Bonchev–Trinajstić information content (AvgIpc) is 1.58. The van der Waals surface area contributed by atoms with Gasteiger partial charge in [0.15, 0.2) is 5.72 Å². The molecule has 12 atom stereocenters.